The summed E-state index contributed by atoms with van der Waals surface area (Å²) in [5.74, 6) is 1.30. The molecule has 1 aliphatic rings. The molecule has 0 aliphatic carbocycles. The van der Waals surface area contributed by atoms with Gasteiger partial charge in [0, 0.05) is 29.9 Å². The quantitative estimate of drug-likeness (QED) is 0.883. The zero-order valence-corrected chi connectivity index (χ0v) is 14.2. The predicted octanol–water partition coefficient (Wildman–Crippen LogP) is 1.40. The molecule has 0 saturated carbocycles. The molecule has 0 unspecified atom stereocenters. The van der Waals surface area contributed by atoms with E-state index < -0.39 is 0 Å². The minimum absolute atomic E-state index is 0.135. The van der Waals surface area contributed by atoms with Gasteiger partial charge in [-0.25, -0.2) is 0 Å². The van der Waals surface area contributed by atoms with Crippen LogP contribution in [-0.4, -0.2) is 31.6 Å². The fourth-order valence-electron chi connectivity index (χ4n) is 2.97. The Morgan fingerprint density at radius 2 is 1.82 bits per heavy atom. The Morgan fingerprint density at radius 3 is 2.32 bits per heavy atom. The van der Waals surface area contributed by atoms with E-state index in [0.717, 1.165) is 38.2 Å². The minimum Gasteiger partial charge on any atom is -0.497 e. The maximum atomic E-state index is 12.2. The molecular weight excluding hydrogens is 276 g/mol. The Kier molecular flexibility index (Phi) is 5.46. The topological polar surface area (TPSA) is 42.8 Å². The highest BCUT2D eigenvalue weighted by Crippen LogP contribution is 2.13. The van der Waals surface area contributed by atoms with Crippen LogP contribution in [0.1, 0.15) is 39.2 Å². The molecule has 1 heterocycles. The third kappa shape index (κ3) is 5.02. The van der Waals surface area contributed by atoms with E-state index in [-0.39, 0.29) is 17.4 Å². The van der Waals surface area contributed by atoms with Crippen molar-refractivity contribution in [1.29, 1.82) is 0 Å². The fraction of sp³-hybridized carbons (Fsp3) is 0.611. The number of carbonyl (C=O) groups excluding carboxylic acids is 1. The van der Waals surface area contributed by atoms with E-state index in [9.17, 15) is 4.79 Å². The highest BCUT2D eigenvalue weighted by Gasteiger charge is 2.29. The average molecular weight is 305 g/mol. The summed E-state index contributed by atoms with van der Waals surface area (Å²) in [4.78, 5) is 13.8. The zero-order chi connectivity index (χ0) is 16.2. The molecule has 0 bridgehead atoms. The second-order valence-corrected chi connectivity index (χ2v) is 7.29. The van der Waals surface area contributed by atoms with E-state index >= 15 is 0 Å². The van der Waals surface area contributed by atoms with Gasteiger partial charge in [0.1, 0.15) is 12.3 Å². The number of amides is 1. The lowest BCUT2D eigenvalue weighted by Gasteiger charge is -2.31. The standard InChI is InChI=1S/C18H28N2O2/c1-18(2,3)19-17(21)15-9-11-20(12-10-15)13-14-5-7-16(22-4)8-6-14/h5-8,15H,9-13H2,1-4H3,(H,19,21)/p+1. The Balaban J connectivity index is 1.80. The largest absolute Gasteiger partial charge is 0.497 e. The Labute approximate surface area is 133 Å². The van der Waals surface area contributed by atoms with E-state index in [4.69, 9.17) is 4.74 Å². The molecule has 22 heavy (non-hydrogen) atoms. The van der Waals surface area contributed by atoms with Gasteiger partial charge in [0.2, 0.25) is 5.91 Å². The Hall–Kier alpha value is -1.55. The van der Waals surface area contributed by atoms with E-state index in [1.807, 2.05) is 32.9 Å². The highest BCUT2D eigenvalue weighted by molar-refractivity contribution is 5.79. The molecule has 0 radical (unpaired) electrons. The Bertz CT molecular complexity index is 483. The summed E-state index contributed by atoms with van der Waals surface area (Å²) in [5, 5.41) is 3.10. The van der Waals surface area contributed by atoms with Crippen molar-refractivity contribution in [3.8, 4) is 5.75 Å². The molecule has 0 atom stereocenters. The number of hydrogen-bond donors (Lipinski definition) is 2. The number of hydrogen-bond acceptors (Lipinski definition) is 2. The SMILES string of the molecule is COc1ccc(C[NH+]2CCC(C(=O)NC(C)(C)C)CC2)cc1. The van der Waals surface area contributed by atoms with Gasteiger partial charge >= 0.3 is 0 Å². The lowest BCUT2D eigenvalue weighted by atomic mass is 9.94. The van der Waals surface area contributed by atoms with Gasteiger partial charge in [-0.3, -0.25) is 4.79 Å². The van der Waals surface area contributed by atoms with Crippen LogP contribution in [0, 0.1) is 5.92 Å². The van der Waals surface area contributed by atoms with Crippen LogP contribution in [0.15, 0.2) is 24.3 Å². The summed E-state index contributed by atoms with van der Waals surface area (Å²) < 4.78 is 5.19. The number of benzene rings is 1. The van der Waals surface area contributed by atoms with Crippen LogP contribution in [0.25, 0.3) is 0 Å². The molecule has 2 rings (SSSR count). The maximum absolute atomic E-state index is 12.2. The number of quaternary nitrogens is 1. The van der Waals surface area contributed by atoms with Gasteiger partial charge in [-0.15, -0.1) is 0 Å². The first-order valence-electron chi connectivity index (χ1n) is 8.16. The number of nitrogens with one attached hydrogen (secondary N) is 2. The first-order valence-corrected chi connectivity index (χ1v) is 8.16. The van der Waals surface area contributed by atoms with Crippen molar-refractivity contribution < 1.29 is 14.4 Å². The van der Waals surface area contributed by atoms with Crippen LogP contribution in [0.3, 0.4) is 0 Å². The van der Waals surface area contributed by atoms with Crippen molar-refractivity contribution >= 4 is 5.91 Å². The molecule has 0 spiro atoms. The number of methoxy groups -OCH3 is 1. The summed E-state index contributed by atoms with van der Waals surface area (Å²) in [6.07, 6.45) is 1.96. The average Bonchev–Trinajstić information content (AvgIpc) is 2.47. The van der Waals surface area contributed by atoms with Crippen molar-refractivity contribution in [2.75, 3.05) is 20.2 Å². The van der Waals surface area contributed by atoms with Gasteiger partial charge < -0.3 is 15.0 Å². The van der Waals surface area contributed by atoms with Crippen molar-refractivity contribution in [3.05, 3.63) is 29.8 Å². The van der Waals surface area contributed by atoms with Crippen LogP contribution in [-0.2, 0) is 11.3 Å². The molecule has 1 saturated heterocycles. The van der Waals surface area contributed by atoms with Crippen LogP contribution >= 0.6 is 0 Å². The third-order valence-corrected chi connectivity index (χ3v) is 4.17. The predicted molar refractivity (Wildman–Crippen MR) is 88.0 cm³/mol. The van der Waals surface area contributed by atoms with Gasteiger partial charge in [0.05, 0.1) is 20.2 Å². The third-order valence-electron chi connectivity index (χ3n) is 4.17. The van der Waals surface area contributed by atoms with Gasteiger partial charge in [-0.2, -0.15) is 0 Å². The van der Waals surface area contributed by atoms with Crippen molar-refractivity contribution in [2.24, 2.45) is 5.92 Å². The van der Waals surface area contributed by atoms with Crippen molar-refractivity contribution in [2.45, 2.75) is 45.7 Å². The van der Waals surface area contributed by atoms with E-state index in [2.05, 4.69) is 17.4 Å². The monoisotopic (exact) mass is 305 g/mol. The van der Waals surface area contributed by atoms with Crippen molar-refractivity contribution in [3.63, 3.8) is 0 Å². The van der Waals surface area contributed by atoms with Gasteiger partial charge in [-0.1, -0.05) is 0 Å². The Morgan fingerprint density at radius 1 is 1.23 bits per heavy atom. The molecule has 1 fully saturated rings. The molecule has 0 aromatic heterocycles. The van der Waals surface area contributed by atoms with Gasteiger partial charge in [0.15, 0.2) is 0 Å². The summed E-state index contributed by atoms with van der Waals surface area (Å²) in [6, 6.07) is 8.28. The maximum Gasteiger partial charge on any atom is 0.223 e. The van der Waals surface area contributed by atoms with Crippen LogP contribution in [0.2, 0.25) is 0 Å². The number of carbonyl (C=O) groups is 1. The van der Waals surface area contributed by atoms with Gasteiger partial charge in [0.25, 0.3) is 0 Å². The molecule has 2 N–H and O–H groups in total. The van der Waals surface area contributed by atoms with Crippen LogP contribution in [0.4, 0.5) is 0 Å². The van der Waals surface area contributed by atoms with Crippen molar-refractivity contribution in [1.82, 2.24) is 5.32 Å². The summed E-state index contributed by atoms with van der Waals surface area (Å²) in [5.41, 5.74) is 1.19. The molecule has 1 aliphatic heterocycles. The van der Waals surface area contributed by atoms with Crippen LogP contribution in [0.5, 0.6) is 5.75 Å². The first kappa shape index (κ1) is 16.8. The number of ether oxygens (including phenoxy) is 1. The van der Waals surface area contributed by atoms with E-state index in [1.165, 1.54) is 5.56 Å². The summed E-state index contributed by atoms with van der Waals surface area (Å²) >= 11 is 0. The lowest BCUT2D eigenvalue weighted by molar-refractivity contribution is -0.919. The smallest absolute Gasteiger partial charge is 0.223 e. The summed E-state index contributed by atoms with van der Waals surface area (Å²) in [6.45, 7) is 9.26. The molecule has 122 valence electrons. The second-order valence-electron chi connectivity index (χ2n) is 7.29. The van der Waals surface area contributed by atoms with Crippen LogP contribution < -0.4 is 15.0 Å². The second kappa shape index (κ2) is 7.14. The van der Waals surface area contributed by atoms with E-state index in [0.29, 0.717) is 0 Å². The molecule has 1 amide bonds. The lowest BCUT2D eigenvalue weighted by Crippen LogP contribution is -3.11. The van der Waals surface area contributed by atoms with Gasteiger partial charge in [-0.05, 0) is 45.0 Å². The number of rotatable bonds is 4. The van der Waals surface area contributed by atoms with E-state index in [1.54, 1.807) is 12.0 Å². The molecule has 1 aromatic carbocycles. The fourth-order valence-corrected chi connectivity index (χ4v) is 2.97. The highest BCUT2D eigenvalue weighted by atomic mass is 16.5. The first-order chi connectivity index (χ1) is 10.4. The number of piperidine rings is 1. The molecule has 4 heteroatoms. The molecule has 1 aromatic rings. The normalized spacial score (nSPS) is 22.2. The number of likely N-dealkylation sites (tertiary alicyclic amines) is 1. The zero-order valence-electron chi connectivity index (χ0n) is 14.2. The molecular formula is C18H29N2O2+. The molecule has 4 nitrogen and oxygen atoms in total. The minimum atomic E-state index is -0.135. The summed E-state index contributed by atoms with van der Waals surface area (Å²) in [7, 11) is 1.69.